The van der Waals surface area contributed by atoms with Crippen LogP contribution in [0.5, 0.6) is 0 Å². The second-order valence-electron chi connectivity index (χ2n) is 4.75. The van der Waals surface area contributed by atoms with Crippen LogP contribution in [0.2, 0.25) is 0 Å². The van der Waals surface area contributed by atoms with Crippen molar-refractivity contribution in [1.82, 2.24) is 9.55 Å². The minimum absolute atomic E-state index is 0.555. The third kappa shape index (κ3) is 2.48. The van der Waals surface area contributed by atoms with Crippen LogP contribution in [-0.4, -0.2) is 14.7 Å². The van der Waals surface area contributed by atoms with Gasteiger partial charge >= 0.3 is 0 Å². The molecule has 4 nitrogen and oxygen atoms in total. The summed E-state index contributed by atoms with van der Waals surface area (Å²) < 4.78 is 2.11. The molecule has 0 saturated carbocycles. The number of hydrogen-bond donors (Lipinski definition) is 2. The van der Waals surface area contributed by atoms with E-state index in [1.165, 1.54) is 12.8 Å². The molecular weight excluding hydrogens is 226 g/mol. The van der Waals surface area contributed by atoms with Crippen molar-refractivity contribution in [3.8, 4) is 0 Å². The molecular formula is C14H21N3O. The van der Waals surface area contributed by atoms with Crippen molar-refractivity contribution in [2.24, 2.45) is 0 Å². The van der Waals surface area contributed by atoms with Crippen LogP contribution < -0.4 is 5.73 Å². The summed E-state index contributed by atoms with van der Waals surface area (Å²) in [4.78, 5) is 4.48. The molecule has 3 N–H and O–H groups in total. The van der Waals surface area contributed by atoms with Gasteiger partial charge in [0.05, 0.1) is 11.0 Å². The molecule has 18 heavy (non-hydrogen) atoms. The smallest absolute Gasteiger partial charge is 0.138 e. The molecule has 0 saturated heterocycles. The van der Waals surface area contributed by atoms with Crippen molar-refractivity contribution in [2.45, 2.75) is 45.8 Å². The topological polar surface area (TPSA) is 64.1 Å². The lowest BCUT2D eigenvalue weighted by Crippen LogP contribution is -2.07. The van der Waals surface area contributed by atoms with Crippen molar-refractivity contribution >= 4 is 16.7 Å². The first-order chi connectivity index (χ1) is 8.63. The number of aromatic nitrogens is 2. The molecule has 0 spiro atoms. The molecule has 0 aliphatic heterocycles. The number of nitrogens with two attached hydrogens (primary N) is 1. The van der Waals surface area contributed by atoms with Crippen LogP contribution in [0.1, 0.15) is 45.0 Å². The van der Waals surface area contributed by atoms with E-state index in [4.69, 9.17) is 5.73 Å². The summed E-state index contributed by atoms with van der Waals surface area (Å²) in [6.45, 7) is 4.83. The van der Waals surface area contributed by atoms with Gasteiger partial charge in [0.15, 0.2) is 0 Å². The van der Waals surface area contributed by atoms with Crippen LogP contribution in [0, 0.1) is 0 Å². The molecule has 0 bridgehead atoms. The molecule has 0 amide bonds. The summed E-state index contributed by atoms with van der Waals surface area (Å²) in [6.07, 6.45) is 2.92. The molecule has 2 rings (SSSR count). The first-order valence-corrected chi connectivity index (χ1v) is 6.57. The van der Waals surface area contributed by atoms with Crippen LogP contribution in [0.25, 0.3) is 11.0 Å². The molecule has 2 aromatic rings. The van der Waals surface area contributed by atoms with Gasteiger partial charge in [0, 0.05) is 12.2 Å². The van der Waals surface area contributed by atoms with Gasteiger partial charge in [-0.25, -0.2) is 4.98 Å². The highest BCUT2D eigenvalue weighted by Gasteiger charge is 2.14. The van der Waals surface area contributed by atoms with E-state index in [2.05, 4.69) is 16.5 Å². The fourth-order valence-electron chi connectivity index (χ4n) is 2.24. The van der Waals surface area contributed by atoms with Gasteiger partial charge < -0.3 is 15.4 Å². The second kappa shape index (κ2) is 5.40. The van der Waals surface area contributed by atoms with Crippen LogP contribution >= 0.6 is 0 Å². The van der Waals surface area contributed by atoms with E-state index in [1.807, 2.05) is 18.2 Å². The molecule has 1 heterocycles. The van der Waals surface area contributed by atoms with Crippen molar-refractivity contribution in [3.05, 3.63) is 24.0 Å². The highest BCUT2D eigenvalue weighted by Crippen LogP contribution is 2.23. The Morgan fingerprint density at radius 2 is 2.17 bits per heavy atom. The lowest BCUT2D eigenvalue weighted by atomic mass is 10.2. The lowest BCUT2D eigenvalue weighted by Gasteiger charge is -2.10. The molecule has 0 radical (unpaired) electrons. The van der Waals surface area contributed by atoms with Gasteiger partial charge in [0.2, 0.25) is 0 Å². The van der Waals surface area contributed by atoms with Crippen LogP contribution in [0.15, 0.2) is 18.2 Å². The maximum absolute atomic E-state index is 9.82. The molecule has 0 aliphatic rings. The monoisotopic (exact) mass is 247 g/mol. The number of aliphatic hydroxyl groups excluding tert-OH is 1. The minimum Gasteiger partial charge on any atom is -0.399 e. The second-order valence-corrected chi connectivity index (χ2v) is 4.75. The average molecular weight is 247 g/mol. The van der Waals surface area contributed by atoms with E-state index >= 15 is 0 Å². The largest absolute Gasteiger partial charge is 0.399 e. The zero-order valence-electron chi connectivity index (χ0n) is 11.1. The molecule has 1 atom stereocenters. The van der Waals surface area contributed by atoms with E-state index < -0.39 is 6.10 Å². The Morgan fingerprint density at radius 3 is 2.83 bits per heavy atom. The normalized spacial score (nSPS) is 13.1. The molecule has 1 aromatic carbocycles. The number of aryl methyl sites for hydroxylation is 1. The Hall–Kier alpha value is -1.55. The van der Waals surface area contributed by atoms with Crippen LogP contribution in [0.3, 0.4) is 0 Å². The Balaban J connectivity index is 2.42. The Labute approximate surface area is 107 Å². The van der Waals surface area contributed by atoms with Crippen molar-refractivity contribution in [3.63, 3.8) is 0 Å². The third-order valence-corrected chi connectivity index (χ3v) is 3.16. The summed E-state index contributed by atoms with van der Waals surface area (Å²) in [5.41, 5.74) is 8.39. The van der Waals surface area contributed by atoms with Gasteiger partial charge in [0.1, 0.15) is 11.9 Å². The average Bonchev–Trinajstić information content (AvgIpc) is 2.68. The number of imidazole rings is 1. The van der Waals surface area contributed by atoms with Crippen molar-refractivity contribution < 1.29 is 5.11 Å². The number of unbranched alkanes of at least 4 members (excludes halogenated alkanes) is 2. The number of anilines is 1. The fraction of sp³-hybridized carbons (Fsp3) is 0.500. The van der Waals surface area contributed by atoms with Crippen LogP contribution in [-0.2, 0) is 6.54 Å². The maximum atomic E-state index is 9.82. The number of hydrogen-bond acceptors (Lipinski definition) is 3. The first kappa shape index (κ1) is 12.9. The number of rotatable bonds is 5. The van der Waals surface area contributed by atoms with E-state index in [0.717, 1.165) is 29.8 Å². The zero-order valence-corrected chi connectivity index (χ0v) is 11.1. The molecule has 98 valence electrons. The summed E-state index contributed by atoms with van der Waals surface area (Å²) in [6, 6.07) is 5.72. The highest BCUT2D eigenvalue weighted by molar-refractivity contribution is 5.79. The molecule has 1 aromatic heterocycles. The number of fused-ring (bicyclic) bond motifs is 1. The fourth-order valence-corrected chi connectivity index (χ4v) is 2.24. The Kier molecular flexibility index (Phi) is 3.87. The van der Waals surface area contributed by atoms with Gasteiger partial charge in [-0.2, -0.15) is 0 Å². The van der Waals surface area contributed by atoms with Gasteiger partial charge in [-0.1, -0.05) is 19.8 Å². The summed E-state index contributed by atoms with van der Waals surface area (Å²) in [7, 11) is 0. The van der Waals surface area contributed by atoms with Gasteiger partial charge in [-0.3, -0.25) is 0 Å². The predicted molar refractivity (Wildman–Crippen MR) is 74.3 cm³/mol. The molecule has 1 unspecified atom stereocenters. The Bertz CT molecular complexity index is 531. The summed E-state index contributed by atoms with van der Waals surface area (Å²) >= 11 is 0. The first-order valence-electron chi connectivity index (χ1n) is 6.57. The molecule has 0 fully saturated rings. The summed E-state index contributed by atoms with van der Waals surface area (Å²) in [5.74, 6) is 0.728. The molecule has 0 aliphatic carbocycles. The number of nitrogen functional groups attached to an aromatic ring is 1. The highest BCUT2D eigenvalue weighted by atomic mass is 16.3. The zero-order chi connectivity index (χ0) is 13.1. The van der Waals surface area contributed by atoms with Crippen molar-refractivity contribution in [1.29, 1.82) is 0 Å². The molecule has 4 heteroatoms. The minimum atomic E-state index is -0.555. The van der Waals surface area contributed by atoms with Crippen molar-refractivity contribution in [2.75, 3.05) is 5.73 Å². The van der Waals surface area contributed by atoms with E-state index in [9.17, 15) is 5.11 Å². The van der Waals surface area contributed by atoms with Gasteiger partial charge in [0.25, 0.3) is 0 Å². The van der Waals surface area contributed by atoms with Gasteiger partial charge in [-0.15, -0.1) is 0 Å². The maximum Gasteiger partial charge on any atom is 0.138 e. The van der Waals surface area contributed by atoms with E-state index in [-0.39, 0.29) is 0 Å². The number of aliphatic hydroxyl groups is 1. The standard InChI is InChI=1S/C14H21N3O/c1-3-4-5-8-17-13-7-6-11(15)9-12(13)16-14(17)10(2)18/h6-7,9-10,18H,3-5,8,15H2,1-2H3. The number of nitrogens with zero attached hydrogens (tertiary/aromatic N) is 2. The number of benzene rings is 1. The predicted octanol–water partition coefficient (Wildman–Crippen LogP) is 2.86. The van der Waals surface area contributed by atoms with E-state index in [1.54, 1.807) is 6.92 Å². The SMILES string of the molecule is CCCCCn1c(C(C)O)nc2cc(N)ccc21. The Morgan fingerprint density at radius 1 is 1.39 bits per heavy atom. The third-order valence-electron chi connectivity index (χ3n) is 3.16. The quantitative estimate of drug-likeness (QED) is 0.630. The van der Waals surface area contributed by atoms with E-state index in [0.29, 0.717) is 5.69 Å². The van der Waals surface area contributed by atoms with Crippen LogP contribution in [0.4, 0.5) is 5.69 Å². The van der Waals surface area contributed by atoms with Gasteiger partial charge in [-0.05, 0) is 31.5 Å². The lowest BCUT2D eigenvalue weighted by molar-refractivity contribution is 0.184. The summed E-state index contributed by atoms with van der Waals surface area (Å²) in [5, 5.41) is 9.82.